The number of amides is 2. The molecule has 35 heavy (non-hydrogen) atoms. The van der Waals surface area contributed by atoms with Gasteiger partial charge < -0.3 is 19.9 Å². The zero-order valence-electron chi connectivity index (χ0n) is 20.2. The molecule has 2 amide bonds. The summed E-state index contributed by atoms with van der Waals surface area (Å²) in [7, 11) is 1.54. The molecule has 1 aromatic carbocycles. The summed E-state index contributed by atoms with van der Waals surface area (Å²) >= 11 is 6.36. The smallest absolute Gasteiger partial charge is 0.254 e. The fraction of sp³-hybridized carbons (Fsp3) is 0.375. The van der Waals surface area contributed by atoms with Gasteiger partial charge in [-0.2, -0.15) is 5.10 Å². The molecule has 1 fully saturated rings. The summed E-state index contributed by atoms with van der Waals surface area (Å²) in [6, 6.07) is 5.39. The summed E-state index contributed by atoms with van der Waals surface area (Å²) in [4.78, 5) is 36.9. The normalized spacial score (nSPS) is 13.8. The third-order valence-electron chi connectivity index (χ3n) is 5.86. The number of rotatable bonds is 6. The third kappa shape index (κ3) is 5.37. The summed E-state index contributed by atoms with van der Waals surface area (Å²) in [5.41, 5.74) is 2.46. The van der Waals surface area contributed by atoms with E-state index < -0.39 is 0 Å². The highest BCUT2D eigenvalue weighted by Crippen LogP contribution is 2.31. The van der Waals surface area contributed by atoms with E-state index in [9.17, 15) is 9.59 Å². The molecule has 1 aliphatic heterocycles. The zero-order valence-corrected chi connectivity index (χ0v) is 20.9. The van der Waals surface area contributed by atoms with Crippen LogP contribution in [0.5, 0.6) is 5.75 Å². The summed E-state index contributed by atoms with van der Waals surface area (Å²) < 4.78 is 7.36. The minimum atomic E-state index is -0.106. The lowest BCUT2D eigenvalue weighted by Crippen LogP contribution is -2.50. The summed E-state index contributed by atoms with van der Waals surface area (Å²) in [5, 5.41) is 7.92. The van der Waals surface area contributed by atoms with E-state index in [1.54, 1.807) is 41.1 Å². The molecule has 0 saturated carbocycles. The van der Waals surface area contributed by atoms with Gasteiger partial charge in [-0.15, -0.1) is 0 Å². The Labute approximate surface area is 208 Å². The molecular formula is C24H28ClN7O3. The van der Waals surface area contributed by atoms with Crippen LogP contribution in [0.25, 0.3) is 11.3 Å². The Hall–Kier alpha value is -3.66. The molecule has 11 heteroatoms. The molecule has 0 bridgehead atoms. The maximum Gasteiger partial charge on any atom is 0.254 e. The van der Waals surface area contributed by atoms with Crippen LogP contribution in [0.1, 0.15) is 37.2 Å². The van der Waals surface area contributed by atoms with E-state index in [-0.39, 0.29) is 17.9 Å². The predicted molar refractivity (Wildman–Crippen MR) is 133 cm³/mol. The molecule has 1 N–H and O–H groups in total. The number of carbonyl (C=O) groups excluding carboxylic acids is 2. The van der Waals surface area contributed by atoms with E-state index in [1.807, 2.05) is 24.7 Å². The highest BCUT2D eigenvalue weighted by atomic mass is 35.5. The number of hydrogen-bond donors (Lipinski definition) is 1. The first-order valence-corrected chi connectivity index (χ1v) is 11.7. The highest BCUT2D eigenvalue weighted by Gasteiger charge is 2.24. The topological polar surface area (TPSA) is 105 Å². The Morgan fingerprint density at radius 1 is 1.11 bits per heavy atom. The van der Waals surface area contributed by atoms with Gasteiger partial charge in [0, 0.05) is 56.5 Å². The second-order valence-corrected chi connectivity index (χ2v) is 8.94. The molecule has 1 saturated heterocycles. The van der Waals surface area contributed by atoms with E-state index in [1.165, 1.54) is 13.3 Å². The highest BCUT2D eigenvalue weighted by molar-refractivity contribution is 6.32. The number of ether oxygens (including phenoxy) is 1. The lowest BCUT2D eigenvalue weighted by Gasteiger charge is -2.34. The predicted octanol–water partition coefficient (Wildman–Crippen LogP) is 3.63. The molecule has 0 radical (unpaired) electrons. The molecule has 4 rings (SSSR count). The van der Waals surface area contributed by atoms with Crippen LogP contribution in [0, 0.1) is 0 Å². The van der Waals surface area contributed by atoms with Crippen molar-refractivity contribution < 1.29 is 14.3 Å². The second-order valence-electron chi connectivity index (χ2n) is 8.53. The van der Waals surface area contributed by atoms with Gasteiger partial charge in [0.15, 0.2) is 0 Å². The third-order valence-corrected chi connectivity index (χ3v) is 6.13. The SMILES string of the molecule is COc1cc(C(=O)N2CCN(C(C)=O)CC2)ccc1Nc1ncc(Cl)c(-c2cnn(C(C)C)c2)n1. The number of nitrogens with one attached hydrogen (secondary N) is 1. The van der Waals surface area contributed by atoms with Gasteiger partial charge >= 0.3 is 0 Å². The minimum Gasteiger partial charge on any atom is -0.495 e. The van der Waals surface area contributed by atoms with Crippen molar-refractivity contribution >= 4 is 35.1 Å². The zero-order chi connectivity index (χ0) is 25.1. The number of hydrogen-bond acceptors (Lipinski definition) is 7. The summed E-state index contributed by atoms with van der Waals surface area (Å²) in [6.07, 6.45) is 5.14. The van der Waals surface area contributed by atoms with Crippen molar-refractivity contribution in [2.45, 2.75) is 26.8 Å². The Kier molecular flexibility index (Phi) is 7.20. The number of aromatic nitrogens is 4. The molecule has 0 unspecified atom stereocenters. The van der Waals surface area contributed by atoms with Crippen molar-refractivity contribution in [3.63, 3.8) is 0 Å². The number of carbonyl (C=O) groups is 2. The minimum absolute atomic E-state index is 0.0236. The Morgan fingerprint density at radius 3 is 2.46 bits per heavy atom. The van der Waals surface area contributed by atoms with E-state index >= 15 is 0 Å². The lowest BCUT2D eigenvalue weighted by atomic mass is 10.1. The van der Waals surface area contributed by atoms with Crippen LogP contribution in [0.2, 0.25) is 5.02 Å². The molecule has 0 atom stereocenters. The van der Waals surface area contributed by atoms with Crippen LogP contribution in [-0.4, -0.2) is 74.7 Å². The van der Waals surface area contributed by atoms with Crippen molar-refractivity contribution in [2.24, 2.45) is 0 Å². The summed E-state index contributed by atoms with van der Waals surface area (Å²) in [6.45, 7) is 7.68. The molecule has 3 heterocycles. The van der Waals surface area contributed by atoms with Crippen LogP contribution < -0.4 is 10.1 Å². The van der Waals surface area contributed by atoms with Gasteiger partial charge in [-0.25, -0.2) is 9.97 Å². The van der Waals surface area contributed by atoms with Crippen molar-refractivity contribution in [3.05, 3.63) is 47.4 Å². The Balaban J connectivity index is 1.52. The van der Waals surface area contributed by atoms with Gasteiger partial charge in [0.2, 0.25) is 11.9 Å². The molecular weight excluding hydrogens is 470 g/mol. The van der Waals surface area contributed by atoms with Crippen molar-refractivity contribution in [1.82, 2.24) is 29.5 Å². The van der Waals surface area contributed by atoms with E-state index in [2.05, 4.69) is 20.4 Å². The van der Waals surface area contributed by atoms with Gasteiger partial charge in [0.05, 0.1) is 35.9 Å². The quantitative estimate of drug-likeness (QED) is 0.554. The van der Waals surface area contributed by atoms with Crippen molar-refractivity contribution in [2.75, 3.05) is 38.6 Å². The van der Waals surface area contributed by atoms with Crippen LogP contribution in [0.4, 0.5) is 11.6 Å². The average molecular weight is 498 g/mol. The monoisotopic (exact) mass is 497 g/mol. The van der Waals surface area contributed by atoms with Gasteiger partial charge in [0.1, 0.15) is 5.75 Å². The molecule has 10 nitrogen and oxygen atoms in total. The Bertz CT molecular complexity index is 1240. The van der Waals surface area contributed by atoms with E-state index in [0.717, 1.165) is 5.56 Å². The molecule has 3 aromatic rings. The van der Waals surface area contributed by atoms with Crippen molar-refractivity contribution in [3.8, 4) is 17.0 Å². The molecule has 2 aromatic heterocycles. The number of benzene rings is 1. The molecule has 1 aliphatic rings. The van der Waals surface area contributed by atoms with Crippen LogP contribution in [-0.2, 0) is 4.79 Å². The number of anilines is 2. The number of piperazine rings is 1. The van der Waals surface area contributed by atoms with Crippen LogP contribution in [0.3, 0.4) is 0 Å². The van der Waals surface area contributed by atoms with Gasteiger partial charge in [0.25, 0.3) is 5.91 Å². The first-order chi connectivity index (χ1) is 16.8. The van der Waals surface area contributed by atoms with E-state index in [4.69, 9.17) is 16.3 Å². The van der Waals surface area contributed by atoms with Crippen molar-refractivity contribution in [1.29, 1.82) is 0 Å². The molecule has 0 aliphatic carbocycles. The van der Waals surface area contributed by atoms with E-state index in [0.29, 0.717) is 59.8 Å². The summed E-state index contributed by atoms with van der Waals surface area (Å²) in [5.74, 6) is 0.728. The Morgan fingerprint density at radius 2 is 1.83 bits per heavy atom. The fourth-order valence-corrected chi connectivity index (χ4v) is 4.03. The first kappa shape index (κ1) is 24.5. The molecule has 0 spiro atoms. The first-order valence-electron chi connectivity index (χ1n) is 11.3. The van der Waals surface area contributed by atoms with Crippen LogP contribution in [0.15, 0.2) is 36.8 Å². The van der Waals surface area contributed by atoms with Gasteiger partial charge in [-0.05, 0) is 32.0 Å². The fourth-order valence-electron chi connectivity index (χ4n) is 3.83. The average Bonchev–Trinajstić information content (AvgIpc) is 3.35. The maximum absolute atomic E-state index is 13.0. The maximum atomic E-state index is 13.0. The van der Waals surface area contributed by atoms with Gasteiger partial charge in [-0.3, -0.25) is 14.3 Å². The lowest BCUT2D eigenvalue weighted by molar-refractivity contribution is -0.130. The standard InChI is InChI=1S/C24H28ClN7O3/c1-15(2)32-14-18(12-27-32)22-19(25)13-26-24(29-22)28-20-6-5-17(11-21(20)35-4)23(34)31-9-7-30(8-10-31)16(3)33/h5-6,11-15H,7-10H2,1-4H3,(H,26,28,29). The van der Waals surface area contributed by atoms with Crippen LogP contribution >= 0.6 is 11.6 Å². The van der Waals surface area contributed by atoms with Gasteiger partial charge in [-0.1, -0.05) is 11.6 Å². The largest absolute Gasteiger partial charge is 0.495 e. The second kappa shape index (κ2) is 10.3. The number of methoxy groups -OCH3 is 1. The number of halogens is 1. The molecule has 184 valence electrons. The number of nitrogens with zero attached hydrogens (tertiary/aromatic N) is 6.